The number of nitrogen functional groups attached to an aromatic ring is 1. The summed E-state index contributed by atoms with van der Waals surface area (Å²) in [6, 6.07) is 12.2. The van der Waals surface area contributed by atoms with E-state index in [0.717, 1.165) is 22.5 Å². The van der Waals surface area contributed by atoms with Crippen LogP contribution in [-0.4, -0.2) is 0 Å². The third-order valence-electron chi connectivity index (χ3n) is 2.77. The second kappa shape index (κ2) is 4.87. The Hall–Kier alpha value is -2.03. The standard InChI is InChI=1S/C14H15FN2/c1-10-13(16)3-2-4-14(10)17-9-11-5-7-12(15)8-6-11/h2-8,17H,9,16H2,1H3. The second-order valence-corrected chi connectivity index (χ2v) is 4.00. The van der Waals surface area contributed by atoms with Crippen molar-refractivity contribution in [1.29, 1.82) is 0 Å². The lowest BCUT2D eigenvalue weighted by Crippen LogP contribution is -2.02. The monoisotopic (exact) mass is 230 g/mol. The Morgan fingerprint density at radius 3 is 2.53 bits per heavy atom. The van der Waals surface area contributed by atoms with Crippen molar-refractivity contribution >= 4 is 11.4 Å². The molecule has 2 rings (SSSR count). The Labute approximate surface area is 100 Å². The molecule has 0 aliphatic rings. The van der Waals surface area contributed by atoms with Gasteiger partial charge < -0.3 is 11.1 Å². The van der Waals surface area contributed by atoms with E-state index in [2.05, 4.69) is 5.32 Å². The molecule has 0 amide bonds. The summed E-state index contributed by atoms with van der Waals surface area (Å²) in [5, 5.41) is 3.29. The van der Waals surface area contributed by atoms with Gasteiger partial charge in [-0.05, 0) is 42.3 Å². The lowest BCUT2D eigenvalue weighted by molar-refractivity contribution is 0.627. The van der Waals surface area contributed by atoms with Gasteiger partial charge in [-0.2, -0.15) is 0 Å². The van der Waals surface area contributed by atoms with E-state index in [9.17, 15) is 4.39 Å². The summed E-state index contributed by atoms with van der Waals surface area (Å²) in [4.78, 5) is 0. The van der Waals surface area contributed by atoms with E-state index in [1.54, 1.807) is 12.1 Å². The number of halogens is 1. The number of nitrogens with two attached hydrogens (primary N) is 1. The minimum absolute atomic E-state index is 0.214. The number of benzene rings is 2. The van der Waals surface area contributed by atoms with Crippen molar-refractivity contribution in [1.82, 2.24) is 0 Å². The molecule has 0 fully saturated rings. The molecule has 0 aromatic heterocycles. The van der Waals surface area contributed by atoms with E-state index in [0.29, 0.717) is 6.54 Å². The van der Waals surface area contributed by atoms with Crippen LogP contribution >= 0.6 is 0 Å². The molecule has 88 valence electrons. The van der Waals surface area contributed by atoms with E-state index >= 15 is 0 Å². The summed E-state index contributed by atoms with van der Waals surface area (Å²) in [6.07, 6.45) is 0. The number of hydrogen-bond acceptors (Lipinski definition) is 2. The highest BCUT2D eigenvalue weighted by molar-refractivity contribution is 5.62. The molecule has 0 unspecified atom stereocenters. The SMILES string of the molecule is Cc1c(N)cccc1NCc1ccc(F)cc1. The molecule has 0 aliphatic carbocycles. The lowest BCUT2D eigenvalue weighted by Gasteiger charge is -2.11. The van der Waals surface area contributed by atoms with E-state index in [1.807, 2.05) is 25.1 Å². The fourth-order valence-corrected chi connectivity index (χ4v) is 1.64. The van der Waals surface area contributed by atoms with Crippen molar-refractivity contribution in [3.63, 3.8) is 0 Å². The highest BCUT2D eigenvalue weighted by Crippen LogP contribution is 2.21. The minimum Gasteiger partial charge on any atom is -0.398 e. The van der Waals surface area contributed by atoms with Crippen LogP contribution in [0.25, 0.3) is 0 Å². The molecule has 0 bridgehead atoms. The molecule has 0 atom stereocenters. The summed E-state index contributed by atoms with van der Waals surface area (Å²) < 4.78 is 12.7. The molecule has 0 aliphatic heterocycles. The quantitative estimate of drug-likeness (QED) is 0.794. The first-order chi connectivity index (χ1) is 8.16. The smallest absolute Gasteiger partial charge is 0.123 e. The van der Waals surface area contributed by atoms with Crippen LogP contribution in [0.5, 0.6) is 0 Å². The molecule has 0 radical (unpaired) electrons. The van der Waals surface area contributed by atoms with Crippen LogP contribution in [0.1, 0.15) is 11.1 Å². The first-order valence-electron chi connectivity index (χ1n) is 5.50. The first-order valence-corrected chi connectivity index (χ1v) is 5.50. The molecular weight excluding hydrogens is 215 g/mol. The maximum atomic E-state index is 12.7. The molecule has 3 N–H and O–H groups in total. The van der Waals surface area contributed by atoms with E-state index < -0.39 is 0 Å². The van der Waals surface area contributed by atoms with Crippen LogP contribution in [0.2, 0.25) is 0 Å². The predicted molar refractivity (Wildman–Crippen MR) is 69.3 cm³/mol. The molecular formula is C14H15FN2. The van der Waals surface area contributed by atoms with Crippen molar-refractivity contribution in [2.75, 3.05) is 11.1 Å². The number of nitrogens with one attached hydrogen (secondary N) is 1. The summed E-state index contributed by atoms with van der Waals surface area (Å²) in [7, 11) is 0. The highest BCUT2D eigenvalue weighted by atomic mass is 19.1. The molecule has 0 spiro atoms. The molecule has 2 aromatic rings. The average molecular weight is 230 g/mol. The first kappa shape index (κ1) is 11.5. The van der Waals surface area contributed by atoms with Gasteiger partial charge in [0.05, 0.1) is 0 Å². The Balaban J connectivity index is 2.07. The molecule has 0 saturated heterocycles. The van der Waals surface area contributed by atoms with E-state index in [4.69, 9.17) is 5.73 Å². The van der Waals surface area contributed by atoms with Crippen molar-refractivity contribution in [2.24, 2.45) is 0 Å². The fourth-order valence-electron chi connectivity index (χ4n) is 1.64. The van der Waals surface area contributed by atoms with Crippen LogP contribution in [0.4, 0.5) is 15.8 Å². The molecule has 0 heterocycles. The fraction of sp³-hybridized carbons (Fsp3) is 0.143. The zero-order valence-corrected chi connectivity index (χ0v) is 9.70. The molecule has 17 heavy (non-hydrogen) atoms. The van der Waals surface area contributed by atoms with Crippen LogP contribution in [-0.2, 0) is 6.54 Å². The van der Waals surface area contributed by atoms with Gasteiger partial charge in [0.25, 0.3) is 0 Å². The summed E-state index contributed by atoms with van der Waals surface area (Å²) in [5.41, 5.74) is 9.67. The largest absolute Gasteiger partial charge is 0.398 e. The van der Waals surface area contributed by atoms with Crippen molar-refractivity contribution < 1.29 is 4.39 Å². The van der Waals surface area contributed by atoms with Gasteiger partial charge in [0.15, 0.2) is 0 Å². The van der Waals surface area contributed by atoms with Gasteiger partial charge in [-0.3, -0.25) is 0 Å². The van der Waals surface area contributed by atoms with Crippen LogP contribution in [0, 0.1) is 12.7 Å². The van der Waals surface area contributed by atoms with Gasteiger partial charge in [0.1, 0.15) is 5.82 Å². The van der Waals surface area contributed by atoms with Crippen molar-refractivity contribution in [3.05, 3.63) is 59.4 Å². The topological polar surface area (TPSA) is 38.0 Å². The van der Waals surface area contributed by atoms with Crippen LogP contribution in [0.3, 0.4) is 0 Å². The summed E-state index contributed by atoms with van der Waals surface area (Å²) in [6.45, 7) is 2.63. The Bertz CT molecular complexity index is 506. The van der Waals surface area contributed by atoms with Gasteiger partial charge >= 0.3 is 0 Å². The summed E-state index contributed by atoms with van der Waals surface area (Å²) >= 11 is 0. The maximum Gasteiger partial charge on any atom is 0.123 e. The van der Waals surface area contributed by atoms with Gasteiger partial charge in [-0.1, -0.05) is 18.2 Å². The van der Waals surface area contributed by atoms with Crippen molar-refractivity contribution in [2.45, 2.75) is 13.5 Å². The van der Waals surface area contributed by atoms with Crippen LogP contribution < -0.4 is 11.1 Å². The zero-order valence-electron chi connectivity index (χ0n) is 9.70. The number of hydrogen-bond donors (Lipinski definition) is 2. The maximum absolute atomic E-state index is 12.7. The third-order valence-corrected chi connectivity index (χ3v) is 2.77. The second-order valence-electron chi connectivity index (χ2n) is 4.00. The van der Waals surface area contributed by atoms with Crippen molar-refractivity contribution in [3.8, 4) is 0 Å². The van der Waals surface area contributed by atoms with E-state index in [1.165, 1.54) is 12.1 Å². The highest BCUT2D eigenvalue weighted by Gasteiger charge is 2.00. The van der Waals surface area contributed by atoms with E-state index in [-0.39, 0.29) is 5.82 Å². The normalized spacial score (nSPS) is 10.2. The van der Waals surface area contributed by atoms with Crippen LogP contribution in [0.15, 0.2) is 42.5 Å². The Kier molecular flexibility index (Phi) is 3.28. The van der Waals surface area contributed by atoms with Gasteiger partial charge in [0, 0.05) is 17.9 Å². The van der Waals surface area contributed by atoms with Gasteiger partial charge in [-0.25, -0.2) is 4.39 Å². The molecule has 2 nitrogen and oxygen atoms in total. The number of rotatable bonds is 3. The minimum atomic E-state index is -0.214. The van der Waals surface area contributed by atoms with Gasteiger partial charge in [0.2, 0.25) is 0 Å². The third kappa shape index (κ3) is 2.75. The zero-order chi connectivity index (χ0) is 12.3. The molecule has 0 saturated carbocycles. The lowest BCUT2D eigenvalue weighted by atomic mass is 10.1. The Morgan fingerprint density at radius 1 is 1.12 bits per heavy atom. The van der Waals surface area contributed by atoms with Gasteiger partial charge in [-0.15, -0.1) is 0 Å². The number of anilines is 2. The molecule has 3 heteroatoms. The Morgan fingerprint density at radius 2 is 1.82 bits per heavy atom. The average Bonchev–Trinajstić information content (AvgIpc) is 2.33. The predicted octanol–water partition coefficient (Wildman–Crippen LogP) is 3.33. The molecule has 2 aromatic carbocycles. The summed E-state index contributed by atoms with van der Waals surface area (Å²) in [5.74, 6) is -0.214.